The van der Waals surface area contributed by atoms with E-state index in [1.807, 2.05) is 7.05 Å². The van der Waals surface area contributed by atoms with Gasteiger partial charge in [0.1, 0.15) is 5.52 Å². The van der Waals surface area contributed by atoms with Gasteiger partial charge in [0.05, 0.1) is 5.69 Å². The van der Waals surface area contributed by atoms with Gasteiger partial charge in [-0.3, -0.25) is 5.10 Å². The third kappa shape index (κ3) is 1.66. The van der Waals surface area contributed by atoms with Crippen LogP contribution < -0.4 is 16.0 Å². The lowest BCUT2D eigenvalue weighted by molar-refractivity contribution is 0.412. The lowest BCUT2D eigenvalue weighted by Gasteiger charge is -2.39. The van der Waals surface area contributed by atoms with E-state index in [0.717, 1.165) is 35.6 Å². The maximum atomic E-state index is 5.89. The van der Waals surface area contributed by atoms with Crippen LogP contribution in [-0.2, 0) is 0 Å². The Morgan fingerprint density at radius 3 is 2.70 bits per heavy atom. The summed E-state index contributed by atoms with van der Waals surface area (Å²) in [7, 11) is 1.98. The first-order chi connectivity index (χ1) is 9.76. The number of anilines is 2. The van der Waals surface area contributed by atoms with Gasteiger partial charge in [-0.2, -0.15) is 10.1 Å². The van der Waals surface area contributed by atoms with E-state index in [2.05, 4.69) is 30.4 Å². The van der Waals surface area contributed by atoms with Gasteiger partial charge in [0.2, 0.25) is 5.95 Å². The molecular weight excluding hydrogens is 254 g/mol. The number of nitrogens with zero attached hydrogens (tertiary/aromatic N) is 4. The summed E-state index contributed by atoms with van der Waals surface area (Å²) < 4.78 is 0. The number of hydrogen-bond acceptors (Lipinski definition) is 6. The van der Waals surface area contributed by atoms with Crippen molar-refractivity contribution < 1.29 is 0 Å². The average molecular weight is 273 g/mol. The second kappa shape index (κ2) is 4.31. The number of nitrogens with two attached hydrogens (primary N) is 1. The molecule has 106 valence electrons. The van der Waals surface area contributed by atoms with E-state index < -0.39 is 0 Å². The lowest BCUT2D eigenvalue weighted by atomic mass is 9.82. The molecule has 1 saturated heterocycles. The van der Waals surface area contributed by atoms with Crippen LogP contribution in [0, 0.1) is 0 Å². The van der Waals surface area contributed by atoms with Crippen LogP contribution in [-0.4, -0.2) is 46.3 Å². The molecule has 0 amide bonds. The van der Waals surface area contributed by atoms with Crippen LogP contribution >= 0.6 is 0 Å². The predicted molar refractivity (Wildman–Crippen MR) is 77.7 cm³/mol. The SMILES string of the molecule is CNC1CN(c2nc(N)nc3c(C4CCC4)[nH]nc23)C1. The van der Waals surface area contributed by atoms with Crippen molar-refractivity contribution in [3.05, 3.63) is 5.69 Å². The second-order valence-electron chi connectivity index (χ2n) is 5.76. The van der Waals surface area contributed by atoms with Crippen LogP contribution in [0.4, 0.5) is 11.8 Å². The van der Waals surface area contributed by atoms with Gasteiger partial charge in [-0.1, -0.05) is 6.42 Å². The summed E-state index contributed by atoms with van der Waals surface area (Å²) in [6.45, 7) is 1.88. The number of hydrogen-bond donors (Lipinski definition) is 3. The minimum absolute atomic E-state index is 0.336. The maximum absolute atomic E-state index is 5.89. The van der Waals surface area contributed by atoms with E-state index in [4.69, 9.17) is 5.73 Å². The van der Waals surface area contributed by atoms with Gasteiger partial charge in [0, 0.05) is 25.0 Å². The summed E-state index contributed by atoms with van der Waals surface area (Å²) in [6.07, 6.45) is 3.71. The molecule has 2 aromatic rings. The molecule has 3 heterocycles. The molecule has 0 atom stereocenters. The minimum atomic E-state index is 0.336. The van der Waals surface area contributed by atoms with Crippen LogP contribution in [0.1, 0.15) is 30.9 Å². The number of nitrogen functional groups attached to an aromatic ring is 1. The van der Waals surface area contributed by atoms with Crippen molar-refractivity contribution in [2.24, 2.45) is 0 Å². The Morgan fingerprint density at radius 2 is 2.05 bits per heavy atom. The quantitative estimate of drug-likeness (QED) is 0.758. The largest absolute Gasteiger partial charge is 0.368 e. The molecule has 1 saturated carbocycles. The summed E-state index contributed by atoms with van der Waals surface area (Å²) in [5, 5.41) is 10.9. The van der Waals surface area contributed by atoms with Crippen LogP contribution in [0.2, 0.25) is 0 Å². The normalized spacial score (nSPS) is 20.1. The van der Waals surface area contributed by atoms with Gasteiger partial charge in [-0.25, -0.2) is 4.98 Å². The number of likely N-dealkylation sites (N-methyl/N-ethyl adjacent to an activating group) is 1. The fourth-order valence-electron chi connectivity index (χ4n) is 2.96. The molecule has 2 aliphatic rings. The van der Waals surface area contributed by atoms with Crippen molar-refractivity contribution >= 4 is 22.8 Å². The Hall–Kier alpha value is -1.89. The molecule has 4 N–H and O–H groups in total. The molecule has 7 nitrogen and oxygen atoms in total. The Bertz CT molecular complexity index is 639. The van der Waals surface area contributed by atoms with E-state index in [0.29, 0.717) is 17.9 Å². The highest BCUT2D eigenvalue weighted by atomic mass is 15.3. The summed E-state index contributed by atoms with van der Waals surface area (Å²) >= 11 is 0. The zero-order valence-electron chi connectivity index (χ0n) is 11.6. The molecule has 2 aromatic heterocycles. The standard InChI is InChI=1S/C13H19N7/c1-15-8-5-20(6-8)12-11-10(16-13(14)17-12)9(18-19-11)7-3-2-4-7/h7-8,15H,2-6H2,1H3,(H,18,19)(H2,14,16,17). The molecule has 0 aromatic carbocycles. The molecule has 0 bridgehead atoms. The zero-order chi connectivity index (χ0) is 13.7. The summed E-state index contributed by atoms with van der Waals surface area (Å²) in [5.74, 6) is 1.76. The molecule has 1 aliphatic heterocycles. The summed E-state index contributed by atoms with van der Waals surface area (Å²) in [5.41, 5.74) is 8.79. The molecule has 0 unspecified atom stereocenters. The van der Waals surface area contributed by atoms with Gasteiger partial charge in [0.15, 0.2) is 11.3 Å². The molecule has 20 heavy (non-hydrogen) atoms. The number of rotatable bonds is 3. The van der Waals surface area contributed by atoms with Crippen molar-refractivity contribution in [2.75, 3.05) is 30.8 Å². The second-order valence-corrected chi connectivity index (χ2v) is 5.76. The highest BCUT2D eigenvalue weighted by Crippen LogP contribution is 2.39. The smallest absolute Gasteiger partial charge is 0.222 e. The predicted octanol–water partition coefficient (Wildman–Crippen LogP) is 0.611. The summed E-state index contributed by atoms with van der Waals surface area (Å²) in [4.78, 5) is 11.0. The van der Waals surface area contributed by atoms with E-state index in [1.54, 1.807) is 0 Å². The number of aromatic amines is 1. The summed E-state index contributed by atoms with van der Waals surface area (Å²) in [6, 6.07) is 0.520. The van der Waals surface area contributed by atoms with E-state index in [-0.39, 0.29) is 0 Å². The maximum Gasteiger partial charge on any atom is 0.222 e. The average Bonchev–Trinajstić information content (AvgIpc) is 2.69. The first-order valence-electron chi connectivity index (χ1n) is 7.20. The third-order valence-electron chi connectivity index (χ3n) is 4.53. The molecule has 2 fully saturated rings. The van der Waals surface area contributed by atoms with Gasteiger partial charge in [-0.15, -0.1) is 0 Å². The lowest BCUT2D eigenvalue weighted by Crippen LogP contribution is -2.57. The molecular formula is C13H19N7. The van der Waals surface area contributed by atoms with Crippen molar-refractivity contribution in [1.29, 1.82) is 0 Å². The van der Waals surface area contributed by atoms with Crippen molar-refractivity contribution in [1.82, 2.24) is 25.5 Å². The van der Waals surface area contributed by atoms with Crippen LogP contribution in [0.3, 0.4) is 0 Å². The van der Waals surface area contributed by atoms with E-state index in [9.17, 15) is 0 Å². The third-order valence-corrected chi connectivity index (χ3v) is 4.53. The molecule has 4 rings (SSSR count). The first kappa shape index (κ1) is 11.9. The Balaban J connectivity index is 1.75. The molecule has 0 spiro atoms. The van der Waals surface area contributed by atoms with Crippen molar-refractivity contribution in [3.63, 3.8) is 0 Å². The Kier molecular flexibility index (Phi) is 2.56. The molecule has 0 radical (unpaired) electrons. The number of aromatic nitrogens is 4. The van der Waals surface area contributed by atoms with Gasteiger partial charge >= 0.3 is 0 Å². The minimum Gasteiger partial charge on any atom is -0.368 e. The van der Waals surface area contributed by atoms with E-state index >= 15 is 0 Å². The highest BCUT2D eigenvalue weighted by Gasteiger charge is 2.31. The fraction of sp³-hybridized carbons (Fsp3) is 0.615. The van der Waals surface area contributed by atoms with Crippen LogP contribution in [0.5, 0.6) is 0 Å². The number of H-pyrrole nitrogens is 1. The number of fused-ring (bicyclic) bond motifs is 1. The van der Waals surface area contributed by atoms with Gasteiger partial charge in [-0.05, 0) is 19.9 Å². The molecule has 7 heteroatoms. The topological polar surface area (TPSA) is 95.7 Å². The molecule has 1 aliphatic carbocycles. The van der Waals surface area contributed by atoms with Crippen LogP contribution in [0.25, 0.3) is 11.0 Å². The first-order valence-corrected chi connectivity index (χ1v) is 7.20. The highest BCUT2D eigenvalue weighted by molar-refractivity contribution is 5.89. The van der Waals surface area contributed by atoms with Crippen molar-refractivity contribution in [3.8, 4) is 0 Å². The zero-order valence-corrected chi connectivity index (χ0v) is 11.6. The fourth-order valence-corrected chi connectivity index (χ4v) is 2.96. The van der Waals surface area contributed by atoms with Crippen molar-refractivity contribution in [2.45, 2.75) is 31.2 Å². The van der Waals surface area contributed by atoms with Crippen LogP contribution in [0.15, 0.2) is 0 Å². The monoisotopic (exact) mass is 273 g/mol. The van der Waals surface area contributed by atoms with Gasteiger partial charge < -0.3 is 16.0 Å². The van der Waals surface area contributed by atoms with E-state index in [1.165, 1.54) is 19.3 Å². The number of nitrogens with one attached hydrogen (secondary N) is 2. The van der Waals surface area contributed by atoms with Gasteiger partial charge in [0.25, 0.3) is 0 Å². The Morgan fingerprint density at radius 1 is 1.25 bits per heavy atom. The Labute approximate surface area is 117 Å².